The van der Waals surface area contributed by atoms with Crippen LogP contribution in [-0.2, 0) is 0 Å². The monoisotopic (exact) mass is 257 g/mol. The molecule has 0 unspecified atom stereocenters. The van der Waals surface area contributed by atoms with Crippen molar-refractivity contribution in [2.75, 3.05) is 18.5 Å². The standard InChI is InChI=1S/C11H13ClFN3O/c12-10-5-9(14-4-3-13)8(6-15-10)11(17)16-7-1-2-7/h5-7H,1-4H2,(H,14,15)(H,16,17). The van der Waals surface area contributed by atoms with Crippen LogP contribution >= 0.6 is 11.6 Å². The number of hydrogen-bond acceptors (Lipinski definition) is 3. The molecule has 1 aromatic heterocycles. The van der Waals surface area contributed by atoms with Crippen molar-refractivity contribution in [1.29, 1.82) is 0 Å². The number of halogens is 2. The fourth-order valence-electron chi connectivity index (χ4n) is 1.43. The molecular weight excluding hydrogens is 245 g/mol. The molecule has 0 aromatic carbocycles. The Morgan fingerprint density at radius 3 is 3.00 bits per heavy atom. The van der Waals surface area contributed by atoms with E-state index in [-0.39, 0.29) is 23.6 Å². The van der Waals surface area contributed by atoms with E-state index < -0.39 is 6.67 Å². The lowest BCUT2D eigenvalue weighted by Crippen LogP contribution is -2.26. The Balaban J connectivity index is 2.14. The van der Waals surface area contributed by atoms with E-state index >= 15 is 0 Å². The van der Waals surface area contributed by atoms with Crippen molar-refractivity contribution in [3.05, 3.63) is 23.0 Å². The molecule has 17 heavy (non-hydrogen) atoms. The van der Waals surface area contributed by atoms with Gasteiger partial charge in [0.05, 0.1) is 11.3 Å². The summed E-state index contributed by atoms with van der Waals surface area (Å²) in [5.41, 5.74) is 0.913. The molecular formula is C11H13ClFN3O. The molecule has 0 radical (unpaired) electrons. The molecule has 4 nitrogen and oxygen atoms in total. The lowest BCUT2D eigenvalue weighted by atomic mass is 10.2. The molecule has 0 saturated heterocycles. The van der Waals surface area contributed by atoms with E-state index in [0.717, 1.165) is 12.8 Å². The normalized spacial score (nSPS) is 14.5. The quantitative estimate of drug-likeness (QED) is 0.794. The summed E-state index contributed by atoms with van der Waals surface area (Å²) in [6.45, 7) is -0.367. The summed E-state index contributed by atoms with van der Waals surface area (Å²) in [7, 11) is 0. The number of hydrogen-bond donors (Lipinski definition) is 2. The maximum atomic E-state index is 12.1. The second kappa shape index (κ2) is 5.31. The summed E-state index contributed by atoms with van der Waals surface area (Å²) >= 11 is 5.74. The van der Waals surface area contributed by atoms with Gasteiger partial charge in [-0.05, 0) is 18.9 Å². The van der Waals surface area contributed by atoms with Crippen LogP contribution in [0.4, 0.5) is 10.1 Å². The van der Waals surface area contributed by atoms with Gasteiger partial charge in [0.1, 0.15) is 11.8 Å². The van der Waals surface area contributed by atoms with Crippen LogP contribution in [0.1, 0.15) is 23.2 Å². The van der Waals surface area contributed by atoms with Crippen LogP contribution in [0, 0.1) is 0 Å². The molecule has 1 aliphatic carbocycles. The lowest BCUT2D eigenvalue weighted by Gasteiger charge is -2.10. The number of rotatable bonds is 5. The van der Waals surface area contributed by atoms with Gasteiger partial charge in [-0.15, -0.1) is 0 Å². The summed E-state index contributed by atoms with van der Waals surface area (Å²) in [6.07, 6.45) is 3.43. The highest BCUT2D eigenvalue weighted by molar-refractivity contribution is 6.29. The van der Waals surface area contributed by atoms with E-state index in [9.17, 15) is 9.18 Å². The highest BCUT2D eigenvalue weighted by atomic mass is 35.5. The minimum Gasteiger partial charge on any atom is -0.382 e. The number of carbonyl (C=O) groups excluding carboxylic acids is 1. The number of nitrogens with zero attached hydrogens (tertiary/aromatic N) is 1. The van der Waals surface area contributed by atoms with E-state index in [0.29, 0.717) is 11.3 Å². The Bertz CT molecular complexity index is 423. The van der Waals surface area contributed by atoms with Gasteiger partial charge in [-0.25, -0.2) is 9.37 Å². The Morgan fingerprint density at radius 2 is 2.35 bits per heavy atom. The first-order valence-corrected chi connectivity index (χ1v) is 5.84. The van der Waals surface area contributed by atoms with Gasteiger partial charge in [-0.3, -0.25) is 4.79 Å². The van der Waals surface area contributed by atoms with E-state index in [2.05, 4.69) is 15.6 Å². The second-order valence-corrected chi connectivity index (χ2v) is 4.30. The molecule has 6 heteroatoms. The molecule has 1 aromatic rings. The van der Waals surface area contributed by atoms with Gasteiger partial charge in [0.25, 0.3) is 5.91 Å². The average Bonchev–Trinajstić information content (AvgIpc) is 3.10. The van der Waals surface area contributed by atoms with E-state index in [4.69, 9.17) is 11.6 Å². The van der Waals surface area contributed by atoms with Crippen LogP contribution in [-0.4, -0.2) is 30.2 Å². The van der Waals surface area contributed by atoms with Crippen molar-refractivity contribution in [1.82, 2.24) is 10.3 Å². The van der Waals surface area contributed by atoms with Gasteiger partial charge in [0.15, 0.2) is 0 Å². The smallest absolute Gasteiger partial charge is 0.255 e. The van der Waals surface area contributed by atoms with Crippen molar-refractivity contribution in [2.24, 2.45) is 0 Å². The number of pyridine rings is 1. The van der Waals surface area contributed by atoms with Crippen molar-refractivity contribution in [3.63, 3.8) is 0 Å². The molecule has 0 atom stereocenters. The number of aromatic nitrogens is 1. The largest absolute Gasteiger partial charge is 0.382 e. The molecule has 1 saturated carbocycles. The van der Waals surface area contributed by atoms with E-state index in [1.165, 1.54) is 12.3 Å². The Morgan fingerprint density at radius 1 is 1.59 bits per heavy atom. The zero-order valence-electron chi connectivity index (χ0n) is 9.17. The van der Waals surface area contributed by atoms with Crippen molar-refractivity contribution in [3.8, 4) is 0 Å². The topological polar surface area (TPSA) is 54.0 Å². The Hall–Kier alpha value is -1.36. The van der Waals surface area contributed by atoms with Crippen LogP contribution in [0.3, 0.4) is 0 Å². The minimum atomic E-state index is -0.510. The summed E-state index contributed by atoms with van der Waals surface area (Å²) in [6, 6.07) is 1.80. The zero-order valence-corrected chi connectivity index (χ0v) is 9.93. The number of amides is 1. The SMILES string of the molecule is O=C(NC1CC1)c1cnc(Cl)cc1NCCF. The molecule has 0 aliphatic heterocycles. The van der Waals surface area contributed by atoms with Gasteiger partial charge in [-0.2, -0.15) is 0 Å². The van der Waals surface area contributed by atoms with Crippen LogP contribution in [0.15, 0.2) is 12.3 Å². The van der Waals surface area contributed by atoms with Gasteiger partial charge in [0, 0.05) is 18.8 Å². The first-order chi connectivity index (χ1) is 8.20. The molecule has 2 N–H and O–H groups in total. The summed E-state index contributed by atoms with van der Waals surface area (Å²) in [5.74, 6) is -0.196. The zero-order chi connectivity index (χ0) is 12.3. The van der Waals surface area contributed by atoms with Gasteiger partial charge in [-0.1, -0.05) is 11.6 Å². The molecule has 2 rings (SSSR count). The number of anilines is 1. The number of carbonyl (C=O) groups is 1. The molecule has 0 spiro atoms. The fraction of sp³-hybridized carbons (Fsp3) is 0.455. The third kappa shape index (κ3) is 3.30. The maximum absolute atomic E-state index is 12.1. The van der Waals surface area contributed by atoms with Crippen molar-refractivity contribution >= 4 is 23.2 Å². The number of alkyl halides is 1. The lowest BCUT2D eigenvalue weighted by molar-refractivity contribution is 0.0951. The predicted octanol–water partition coefficient (Wildman–Crippen LogP) is 2.01. The third-order valence-electron chi connectivity index (χ3n) is 2.44. The van der Waals surface area contributed by atoms with Gasteiger partial charge >= 0.3 is 0 Å². The van der Waals surface area contributed by atoms with Gasteiger partial charge in [0.2, 0.25) is 0 Å². The van der Waals surface area contributed by atoms with Crippen LogP contribution in [0.25, 0.3) is 0 Å². The minimum absolute atomic E-state index is 0.143. The molecule has 1 aliphatic rings. The molecule has 1 fully saturated rings. The Kier molecular flexibility index (Phi) is 3.78. The predicted molar refractivity (Wildman–Crippen MR) is 64.2 cm³/mol. The van der Waals surface area contributed by atoms with E-state index in [1.807, 2.05) is 0 Å². The highest BCUT2D eigenvalue weighted by Crippen LogP contribution is 2.22. The maximum Gasteiger partial charge on any atom is 0.255 e. The fourth-order valence-corrected chi connectivity index (χ4v) is 1.59. The average molecular weight is 258 g/mol. The highest BCUT2D eigenvalue weighted by Gasteiger charge is 2.25. The second-order valence-electron chi connectivity index (χ2n) is 3.92. The summed E-state index contributed by atoms with van der Waals surface area (Å²) in [4.78, 5) is 15.7. The molecule has 1 heterocycles. The van der Waals surface area contributed by atoms with E-state index in [1.54, 1.807) is 0 Å². The third-order valence-corrected chi connectivity index (χ3v) is 2.64. The van der Waals surface area contributed by atoms with Gasteiger partial charge < -0.3 is 10.6 Å². The number of nitrogens with one attached hydrogen (secondary N) is 2. The summed E-state index contributed by atoms with van der Waals surface area (Å²) < 4.78 is 12.1. The van der Waals surface area contributed by atoms with Crippen LogP contribution in [0.2, 0.25) is 5.15 Å². The molecule has 92 valence electrons. The first-order valence-electron chi connectivity index (χ1n) is 5.47. The molecule has 1 amide bonds. The summed E-state index contributed by atoms with van der Waals surface area (Å²) in [5, 5.41) is 5.94. The van der Waals surface area contributed by atoms with Crippen LogP contribution < -0.4 is 10.6 Å². The van der Waals surface area contributed by atoms with Crippen molar-refractivity contribution < 1.29 is 9.18 Å². The van der Waals surface area contributed by atoms with Crippen LogP contribution in [0.5, 0.6) is 0 Å². The Labute approximate surface area is 104 Å². The van der Waals surface area contributed by atoms with Crippen molar-refractivity contribution in [2.45, 2.75) is 18.9 Å². The first kappa shape index (κ1) is 12.1. The molecule has 0 bridgehead atoms.